The highest BCUT2D eigenvalue weighted by atomic mass is 79.9. The lowest BCUT2D eigenvalue weighted by Gasteiger charge is -2.06. The molecule has 3 nitrogen and oxygen atoms in total. The quantitative estimate of drug-likeness (QED) is 0.339. The molecule has 0 unspecified atom stereocenters. The van der Waals surface area contributed by atoms with E-state index in [-0.39, 0.29) is 0 Å². The van der Waals surface area contributed by atoms with Crippen LogP contribution in [0.2, 0.25) is 0 Å². The molecule has 2 aromatic heterocycles. The van der Waals surface area contributed by atoms with Crippen LogP contribution in [0.15, 0.2) is 83.5 Å². The highest BCUT2D eigenvalue weighted by molar-refractivity contribution is 9.10. The van der Waals surface area contributed by atoms with Gasteiger partial charge in [-0.15, -0.1) is 0 Å². The van der Waals surface area contributed by atoms with Gasteiger partial charge in [0.2, 0.25) is 0 Å². The first-order chi connectivity index (χ1) is 13.2. The molecule has 0 saturated carbocycles. The Morgan fingerprint density at radius 3 is 2.48 bits per heavy atom. The number of hydrogen-bond donors (Lipinski definition) is 0. The monoisotopic (exact) mass is 413 g/mol. The van der Waals surface area contributed by atoms with Crippen molar-refractivity contribution in [1.29, 1.82) is 0 Å². The summed E-state index contributed by atoms with van der Waals surface area (Å²) in [5.74, 6) is 0. The molecule has 0 saturated heterocycles. The number of fused-ring (bicyclic) bond motifs is 3. The van der Waals surface area contributed by atoms with Crippen molar-refractivity contribution in [1.82, 2.24) is 14.8 Å². The molecule has 0 bridgehead atoms. The van der Waals surface area contributed by atoms with Crippen molar-refractivity contribution in [3.63, 3.8) is 0 Å². The van der Waals surface area contributed by atoms with Crippen molar-refractivity contribution in [3.05, 3.63) is 89.0 Å². The SMILES string of the molecule is Cc1ccc(-n2nc(-c3cccc(Br)c3)c3cnc4ccccc4c32)cc1. The molecule has 3 aromatic carbocycles. The third-order valence-electron chi connectivity index (χ3n) is 4.79. The van der Waals surface area contributed by atoms with Gasteiger partial charge in [-0.05, 0) is 37.3 Å². The van der Waals surface area contributed by atoms with E-state index in [1.165, 1.54) is 5.56 Å². The lowest BCUT2D eigenvalue weighted by molar-refractivity contribution is 0.917. The van der Waals surface area contributed by atoms with Crippen molar-refractivity contribution in [2.75, 3.05) is 0 Å². The summed E-state index contributed by atoms with van der Waals surface area (Å²) in [5.41, 5.74) is 6.33. The Hall–Kier alpha value is -2.98. The summed E-state index contributed by atoms with van der Waals surface area (Å²) in [6, 6.07) is 24.9. The van der Waals surface area contributed by atoms with Crippen LogP contribution in [-0.4, -0.2) is 14.8 Å². The van der Waals surface area contributed by atoms with Gasteiger partial charge >= 0.3 is 0 Å². The van der Waals surface area contributed by atoms with Crippen molar-refractivity contribution in [2.24, 2.45) is 0 Å². The summed E-state index contributed by atoms with van der Waals surface area (Å²) in [4.78, 5) is 4.67. The van der Waals surface area contributed by atoms with Crippen molar-refractivity contribution >= 4 is 37.7 Å². The average molecular weight is 414 g/mol. The summed E-state index contributed by atoms with van der Waals surface area (Å²) in [7, 11) is 0. The zero-order chi connectivity index (χ0) is 18.4. The lowest BCUT2D eigenvalue weighted by atomic mass is 10.1. The maximum absolute atomic E-state index is 5.01. The molecule has 0 atom stereocenters. The van der Waals surface area contributed by atoms with Crippen molar-refractivity contribution < 1.29 is 0 Å². The standard InChI is InChI=1S/C23H16BrN3/c1-15-9-11-18(12-10-15)27-23-19-7-2-3-8-21(19)25-14-20(23)22(26-27)16-5-4-6-17(24)13-16/h2-14H,1H3. The number of halogens is 1. The first-order valence-corrected chi connectivity index (χ1v) is 9.59. The van der Waals surface area contributed by atoms with Gasteiger partial charge < -0.3 is 0 Å². The Bertz CT molecular complexity index is 1290. The number of rotatable bonds is 2. The van der Waals surface area contributed by atoms with Crippen molar-refractivity contribution in [2.45, 2.75) is 6.92 Å². The zero-order valence-corrected chi connectivity index (χ0v) is 16.3. The summed E-state index contributed by atoms with van der Waals surface area (Å²) in [6.07, 6.45) is 1.94. The summed E-state index contributed by atoms with van der Waals surface area (Å²) in [6.45, 7) is 2.09. The first kappa shape index (κ1) is 16.2. The number of hydrogen-bond acceptors (Lipinski definition) is 2. The molecule has 0 radical (unpaired) electrons. The fraction of sp³-hybridized carbons (Fsp3) is 0.0435. The van der Waals surface area contributed by atoms with Crippen LogP contribution in [0.1, 0.15) is 5.56 Å². The molecule has 2 heterocycles. The number of aryl methyl sites for hydroxylation is 1. The fourth-order valence-electron chi connectivity index (χ4n) is 3.45. The third kappa shape index (κ3) is 2.73. The minimum atomic E-state index is 0.935. The molecule has 0 spiro atoms. The van der Waals surface area contributed by atoms with Gasteiger partial charge in [-0.3, -0.25) is 4.98 Å². The van der Waals surface area contributed by atoms with Gasteiger partial charge in [-0.2, -0.15) is 5.10 Å². The van der Waals surface area contributed by atoms with E-state index >= 15 is 0 Å². The summed E-state index contributed by atoms with van der Waals surface area (Å²) < 4.78 is 3.07. The summed E-state index contributed by atoms with van der Waals surface area (Å²) in [5, 5.41) is 7.16. The smallest absolute Gasteiger partial charge is 0.102 e. The van der Waals surface area contributed by atoms with Crippen LogP contribution in [0.4, 0.5) is 0 Å². The molecular weight excluding hydrogens is 398 g/mol. The fourth-order valence-corrected chi connectivity index (χ4v) is 3.85. The maximum Gasteiger partial charge on any atom is 0.102 e. The Morgan fingerprint density at radius 2 is 1.67 bits per heavy atom. The maximum atomic E-state index is 5.01. The molecule has 130 valence electrons. The van der Waals surface area contributed by atoms with Crippen molar-refractivity contribution in [3.8, 4) is 16.9 Å². The normalized spacial score (nSPS) is 11.3. The second-order valence-corrected chi connectivity index (χ2v) is 7.56. The largest absolute Gasteiger partial charge is 0.255 e. The molecule has 27 heavy (non-hydrogen) atoms. The predicted molar refractivity (Wildman–Crippen MR) is 114 cm³/mol. The van der Waals surface area contributed by atoms with E-state index in [9.17, 15) is 0 Å². The molecular formula is C23H16BrN3. The van der Waals surface area contributed by atoms with Crippen LogP contribution in [0, 0.1) is 6.92 Å². The van der Waals surface area contributed by atoms with Gasteiger partial charge in [-0.25, -0.2) is 4.68 Å². The average Bonchev–Trinajstić information content (AvgIpc) is 3.09. The second-order valence-electron chi connectivity index (χ2n) is 6.64. The highest BCUT2D eigenvalue weighted by Crippen LogP contribution is 2.34. The molecule has 5 aromatic rings. The summed E-state index contributed by atoms with van der Waals surface area (Å²) >= 11 is 3.57. The van der Waals surface area contributed by atoms with E-state index in [2.05, 4.69) is 76.4 Å². The number of aromatic nitrogens is 3. The van der Waals surface area contributed by atoms with Crippen LogP contribution in [0.3, 0.4) is 0 Å². The molecule has 0 amide bonds. The lowest BCUT2D eigenvalue weighted by Crippen LogP contribution is -1.97. The molecule has 4 heteroatoms. The predicted octanol–water partition coefficient (Wildman–Crippen LogP) is 6.31. The van der Waals surface area contributed by atoms with Crippen LogP contribution < -0.4 is 0 Å². The number of para-hydroxylation sites is 1. The Balaban J connectivity index is 1.90. The molecule has 0 aliphatic rings. The zero-order valence-electron chi connectivity index (χ0n) is 14.7. The minimum absolute atomic E-state index is 0.935. The Labute approximate surface area is 165 Å². The first-order valence-electron chi connectivity index (χ1n) is 8.80. The van der Waals surface area contributed by atoms with Crippen LogP contribution in [0.25, 0.3) is 38.8 Å². The van der Waals surface area contributed by atoms with Gasteiger partial charge in [0.15, 0.2) is 0 Å². The Kier molecular flexibility index (Phi) is 3.80. The van der Waals surface area contributed by atoms with E-state index in [1.807, 2.05) is 35.1 Å². The topological polar surface area (TPSA) is 30.7 Å². The molecule has 0 aliphatic heterocycles. The van der Waals surface area contributed by atoms with Gasteiger partial charge in [0.25, 0.3) is 0 Å². The number of nitrogens with zero attached hydrogens (tertiary/aromatic N) is 3. The van der Waals surface area contributed by atoms with Gasteiger partial charge in [-0.1, -0.05) is 64.0 Å². The van der Waals surface area contributed by atoms with E-state index in [0.29, 0.717) is 0 Å². The van der Waals surface area contributed by atoms with E-state index < -0.39 is 0 Å². The van der Waals surface area contributed by atoms with Gasteiger partial charge in [0.05, 0.1) is 16.7 Å². The third-order valence-corrected chi connectivity index (χ3v) is 5.28. The molecule has 0 aliphatic carbocycles. The molecule has 5 rings (SSSR count). The molecule has 0 N–H and O–H groups in total. The minimum Gasteiger partial charge on any atom is -0.255 e. The van der Waals surface area contributed by atoms with Crippen LogP contribution in [-0.2, 0) is 0 Å². The number of pyridine rings is 1. The number of benzene rings is 3. The molecule has 0 fully saturated rings. The van der Waals surface area contributed by atoms with Crippen LogP contribution >= 0.6 is 15.9 Å². The van der Waals surface area contributed by atoms with E-state index in [0.717, 1.165) is 43.2 Å². The van der Waals surface area contributed by atoms with Gasteiger partial charge in [0.1, 0.15) is 5.69 Å². The van der Waals surface area contributed by atoms with Crippen LogP contribution in [0.5, 0.6) is 0 Å². The highest BCUT2D eigenvalue weighted by Gasteiger charge is 2.17. The Morgan fingerprint density at radius 1 is 0.852 bits per heavy atom. The second kappa shape index (κ2) is 6.32. The van der Waals surface area contributed by atoms with E-state index in [1.54, 1.807) is 0 Å². The van der Waals surface area contributed by atoms with E-state index in [4.69, 9.17) is 5.10 Å². The van der Waals surface area contributed by atoms with Gasteiger partial charge in [0, 0.05) is 27.0 Å².